The van der Waals surface area contributed by atoms with Crippen LogP contribution >= 0.6 is 31.9 Å². The molecule has 0 fully saturated rings. The molecule has 0 unspecified atom stereocenters. The van der Waals surface area contributed by atoms with Gasteiger partial charge in [-0.15, -0.1) is 0 Å². The van der Waals surface area contributed by atoms with Gasteiger partial charge in [0.25, 0.3) is 5.91 Å². The highest BCUT2D eigenvalue weighted by Crippen LogP contribution is 2.32. The second-order valence-electron chi connectivity index (χ2n) is 4.06. The van der Waals surface area contributed by atoms with Gasteiger partial charge < -0.3 is 5.32 Å². The Morgan fingerprint density at radius 2 is 1.63 bits per heavy atom. The molecule has 0 aliphatic carbocycles. The van der Waals surface area contributed by atoms with Gasteiger partial charge in [0.2, 0.25) is 0 Å². The van der Waals surface area contributed by atoms with Gasteiger partial charge in [-0.2, -0.15) is 0 Å². The first-order valence-electron chi connectivity index (χ1n) is 5.50. The van der Waals surface area contributed by atoms with Crippen LogP contribution in [0.1, 0.15) is 15.9 Å². The fourth-order valence-electron chi connectivity index (χ4n) is 1.61. The summed E-state index contributed by atoms with van der Waals surface area (Å²) in [6.07, 6.45) is 0. The Kier molecular flexibility index (Phi) is 4.37. The first-order chi connectivity index (χ1) is 8.97. The second-order valence-corrected chi connectivity index (χ2v) is 5.77. The number of hydrogen-bond acceptors (Lipinski definition) is 1. The summed E-state index contributed by atoms with van der Waals surface area (Å²) in [7, 11) is 0. The molecule has 0 aliphatic rings. The van der Waals surface area contributed by atoms with Crippen LogP contribution in [0.5, 0.6) is 0 Å². The van der Waals surface area contributed by atoms with Gasteiger partial charge in [0.1, 0.15) is 5.82 Å². The maximum atomic E-state index is 12.8. The number of aryl methyl sites for hydroxylation is 1. The molecular formula is C14H10Br2FNO. The molecule has 2 nitrogen and oxygen atoms in total. The van der Waals surface area contributed by atoms with Crippen LogP contribution in [0.3, 0.4) is 0 Å². The van der Waals surface area contributed by atoms with E-state index in [9.17, 15) is 9.18 Å². The number of anilines is 1. The van der Waals surface area contributed by atoms with Gasteiger partial charge in [-0.1, -0.05) is 0 Å². The highest BCUT2D eigenvalue weighted by Gasteiger charge is 2.11. The lowest BCUT2D eigenvalue weighted by Crippen LogP contribution is -2.12. The fraction of sp³-hybridized carbons (Fsp3) is 0.0714. The molecule has 2 rings (SSSR count). The van der Waals surface area contributed by atoms with Crippen LogP contribution in [-0.4, -0.2) is 5.91 Å². The average Bonchev–Trinajstić information content (AvgIpc) is 2.34. The van der Waals surface area contributed by atoms with E-state index in [1.807, 2.05) is 19.1 Å². The second kappa shape index (κ2) is 5.84. The van der Waals surface area contributed by atoms with E-state index >= 15 is 0 Å². The Morgan fingerprint density at radius 1 is 1.11 bits per heavy atom. The van der Waals surface area contributed by atoms with Gasteiger partial charge in [-0.25, -0.2) is 4.39 Å². The van der Waals surface area contributed by atoms with Crippen LogP contribution in [0, 0.1) is 12.7 Å². The molecular weight excluding hydrogens is 377 g/mol. The molecule has 1 N–H and O–H groups in total. The molecule has 0 heterocycles. The number of carbonyl (C=O) groups is 1. The minimum atomic E-state index is -0.366. The zero-order chi connectivity index (χ0) is 14.0. The topological polar surface area (TPSA) is 29.1 Å². The van der Waals surface area contributed by atoms with E-state index in [-0.39, 0.29) is 11.7 Å². The summed E-state index contributed by atoms with van der Waals surface area (Å²) in [5.74, 6) is -0.653. The molecule has 0 bridgehead atoms. The molecule has 19 heavy (non-hydrogen) atoms. The van der Waals surface area contributed by atoms with Gasteiger partial charge in [-0.3, -0.25) is 4.79 Å². The van der Waals surface area contributed by atoms with Crippen molar-refractivity contribution in [1.82, 2.24) is 0 Å². The van der Waals surface area contributed by atoms with Crippen molar-refractivity contribution in [3.63, 3.8) is 0 Å². The van der Waals surface area contributed by atoms with Gasteiger partial charge in [0.05, 0.1) is 5.69 Å². The first-order valence-corrected chi connectivity index (χ1v) is 7.08. The van der Waals surface area contributed by atoms with Crippen LogP contribution in [0.15, 0.2) is 45.3 Å². The average molecular weight is 387 g/mol. The zero-order valence-corrected chi connectivity index (χ0v) is 13.2. The van der Waals surface area contributed by atoms with Crippen LogP contribution in [0.4, 0.5) is 10.1 Å². The number of benzene rings is 2. The normalized spacial score (nSPS) is 10.3. The van der Waals surface area contributed by atoms with E-state index in [0.717, 1.165) is 14.5 Å². The minimum Gasteiger partial charge on any atom is -0.320 e. The standard InChI is InChI=1S/C14H10Br2FNO/c1-8-6-11(15)13(12(16)7-8)18-14(19)9-2-4-10(17)5-3-9/h2-7H,1H3,(H,18,19). The van der Waals surface area contributed by atoms with Crippen molar-refractivity contribution >= 4 is 43.5 Å². The van der Waals surface area contributed by atoms with E-state index in [1.54, 1.807) is 0 Å². The number of amides is 1. The predicted molar refractivity (Wildman–Crippen MR) is 80.9 cm³/mol. The summed E-state index contributed by atoms with van der Waals surface area (Å²) in [5, 5.41) is 2.79. The smallest absolute Gasteiger partial charge is 0.255 e. The van der Waals surface area contributed by atoms with Gasteiger partial charge in [-0.05, 0) is 80.7 Å². The predicted octanol–water partition coefficient (Wildman–Crippen LogP) is 4.91. The Hall–Kier alpha value is -1.20. The molecule has 98 valence electrons. The summed E-state index contributed by atoms with van der Waals surface area (Å²) in [6, 6.07) is 9.22. The lowest BCUT2D eigenvalue weighted by Gasteiger charge is -2.10. The van der Waals surface area contributed by atoms with Crippen molar-refractivity contribution in [2.45, 2.75) is 6.92 Å². The summed E-state index contributed by atoms with van der Waals surface area (Å²) in [5.41, 5.74) is 2.12. The van der Waals surface area contributed by atoms with E-state index in [2.05, 4.69) is 37.2 Å². The molecule has 0 aromatic heterocycles. The Labute approximate surface area is 127 Å². The molecule has 5 heteroatoms. The number of carbonyl (C=O) groups excluding carboxylic acids is 1. The largest absolute Gasteiger partial charge is 0.320 e. The van der Waals surface area contributed by atoms with Crippen molar-refractivity contribution in [3.8, 4) is 0 Å². The summed E-state index contributed by atoms with van der Waals surface area (Å²) in [4.78, 5) is 12.0. The number of rotatable bonds is 2. The number of halogens is 3. The molecule has 0 saturated carbocycles. The van der Waals surface area contributed by atoms with Crippen molar-refractivity contribution in [2.75, 3.05) is 5.32 Å². The van der Waals surface area contributed by atoms with E-state index in [0.29, 0.717) is 11.3 Å². The summed E-state index contributed by atoms with van der Waals surface area (Å²) < 4.78 is 14.4. The van der Waals surface area contributed by atoms with Crippen LogP contribution in [0.2, 0.25) is 0 Å². The quantitative estimate of drug-likeness (QED) is 0.780. The molecule has 2 aromatic rings. The summed E-state index contributed by atoms with van der Waals surface area (Å²) >= 11 is 6.81. The van der Waals surface area contributed by atoms with Gasteiger partial charge >= 0.3 is 0 Å². The van der Waals surface area contributed by atoms with Gasteiger partial charge in [0, 0.05) is 14.5 Å². The van der Waals surface area contributed by atoms with E-state index in [1.165, 1.54) is 24.3 Å². The number of nitrogens with one attached hydrogen (secondary N) is 1. The highest BCUT2D eigenvalue weighted by atomic mass is 79.9. The third-order valence-corrected chi connectivity index (χ3v) is 3.78. The highest BCUT2D eigenvalue weighted by molar-refractivity contribution is 9.11. The van der Waals surface area contributed by atoms with Crippen molar-refractivity contribution in [2.24, 2.45) is 0 Å². The molecule has 0 atom stereocenters. The van der Waals surface area contributed by atoms with Gasteiger partial charge in [0.15, 0.2) is 0 Å². The SMILES string of the molecule is Cc1cc(Br)c(NC(=O)c2ccc(F)cc2)c(Br)c1. The monoisotopic (exact) mass is 385 g/mol. The van der Waals surface area contributed by atoms with Crippen LogP contribution < -0.4 is 5.32 Å². The van der Waals surface area contributed by atoms with Crippen LogP contribution in [-0.2, 0) is 0 Å². The molecule has 0 spiro atoms. The Morgan fingerprint density at radius 3 is 2.16 bits per heavy atom. The van der Waals surface area contributed by atoms with Crippen molar-refractivity contribution in [3.05, 3.63) is 62.3 Å². The van der Waals surface area contributed by atoms with Crippen molar-refractivity contribution in [1.29, 1.82) is 0 Å². The number of hydrogen-bond donors (Lipinski definition) is 1. The molecule has 0 radical (unpaired) electrons. The maximum Gasteiger partial charge on any atom is 0.255 e. The van der Waals surface area contributed by atoms with E-state index < -0.39 is 0 Å². The molecule has 2 aromatic carbocycles. The molecule has 0 saturated heterocycles. The minimum absolute atomic E-state index is 0.287. The third-order valence-electron chi connectivity index (χ3n) is 2.53. The van der Waals surface area contributed by atoms with E-state index in [4.69, 9.17) is 0 Å². The zero-order valence-electron chi connectivity index (χ0n) is 10.0. The lowest BCUT2D eigenvalue weighted by atomic mass is 10.2. The summed E-state index contributed by atoms with van der Waals surface area (Å²) in [6.45, 7) is 1.96. The lowest BCUT2D eigenvalue weighted by molar-refractivity contribution is 0.102. The maximum absolute atomic E-state index is 12.8. The van der Waals surface area contributed by atoms with Crippen molar-refractivity contribution < 1.29 is 9.18 Å². The molecule has 0 aliphatic heterocycles. The fourth-order valence-corrected chi connectivity index (χ4v) is 3.22. The molecule has 1 amide bonds. The first kappa shape index (κ1) is 14.2. The third kappa shape index (κ3) is 3.42. The Balaban J connectivity index is 2.26. The Bertz CT molecular complexity index is 603. The van der Waals surface area contributed by atoms with Crippen LogP contribution in [0.25, 0.3) is 0 Å².